The summed E-state index contributed by atoms with van der Waals surface area (Å²) in [4.78, 5) is 13.5. The monoisotopic (exact) mass is 395 g/mol. The molecule has 2 heterocycles. The fourth-order valence-electron chi connectivity index (χ4n) is 3.19. The normalized spacial score (nSPS) is 10.5. The van der Waals surface area contributed by atoms with Crippen LogP contribution in [0.5, 0.6) is 0 Å². The highest BCUT2D eigenvalue weighted by Gasteiger charge is 2.07. The molecule has 150 valence electrons. The van der Waals surface area contributed by atoms with Gasteiger partial charge in [-0.05, 0) is 36.1 Å². The number of benzene rings is 2. The number of nitrogens with zero attached hydrogens (tertiary/aromatic N) is 3. The van der Waals surface area contributed by atoms with Crippen LogP contribution < -0.4 is 10.6 Å². The second-order valence-corrected chi connectivity index (χ2v) is 7.05. The minimum absolute atomic E-state index is 0.682. The molecule has 2 aromatic carbocycles. The third-order valence-electron chi connectivity index (χ3n) is 4.77. The van der Waals surface area contributed by atoms with Crippen LogP contribution in [0.15, 0.2) is 91.3 Å². The minimum atomic E-state index is 0.682. The second kappa shape index (κ2) is 10.2. The highest BCUT2D eigenvalue weighted by Crippen LogP contribution is 2.20. The Kier molecular flexibility index (Phi) is 6.63. The van der Waals surface area contributed by atoms with Crippen molar-refractivity contribution in [2.45, 2.75) is 19.4 Å². The maximum absolute atomic E-state index is 4.73. The number of anilines is 2. The lowest BCUT2D eigenvalue weighted by Crippen LogP contribution is -2.08. The van der Waals surface area contributed by atoms with Gasteiger partial charge in [-0.3, -0.25) is 4.98 Å². The van der Waals surface area contributed by atoms with Gasteiger partial charge in [-0.1, -0.05) is 60.7 Å². The molecule has 0 aliphatic heterocycles. The Hall–Kier alpha value is -3.73. The van der Waals surface area contributed by atoms with Gasteiger partial charge in [0.2, 0.25) is 0 Å². The smallest absolute Gasteiger partial charge is 0.163 e. The summed E-state index contributed by atoms with van der Waals surface area (Å²) in [6.45, 7) is 1.53. The molecule has 0 atom stereocenters. The van der Waals surface area contributed by atoms with Crippen molar-refractivity contribution in [1.82, 2.24) is 15.0 Å². The van der Waals surface area contributed by atoms with Crippen molar-refractivity contribution in [1.29, 1.82) is 0 Å². The average molecular weight is 396 g/mol. The van der Waals surface area contributed by atoms with Crippen LogP contribution in [-0.2, 0) is 13.0 Å². The molecular formula is C25H25N5. The number of rotatable bonds is 9. The first-order valence-corrected chi connectivity index (χ1v) is 10.2. The van der Waals surface area contributed by atoms with E-state index >= 15 is 0 Å². The van der Waals surface area contributed by atoms with E-state index in [0.29, 0.717) is 12.4 Å². The van der Waals surface area contributed by atoms with Gasteiger partial charge in [0.15, 0.2) is 5.82 Å². The predicted molar refractivity (Wildman–Crippen MR) is 122 cm³/mol. The Morgan fingerprint density at radius 2 is 1.33 bits per heavy atom. The summed E-state index contributed by atoms with van der Waals surface area (Å²) < 4.78 is 0. The number of hydrogen-bond donors (Lipinski definition) is 2. The summed E-state index contributed by atoms with van der Waals surface area (Å²) in [5.41, 5.74) is 3.51. The Morgan fingerprint density at radius 3 is 2.07 bits per heavy atom. The molecule has 5 heteroatoms. The van der Waals surface area contributed by atoms with E-state index in [4.69, 9.17) is 9.97 Å². The van der Waals surface area contributed by atoms with Crippen LogP contribution in [0.4, 0.5) is 11.6 Å². The molecule has 0 radical (unpaired) electrons. The summed E-state index contributed by atoms with van der Waals surface area (Å²) in [6.07, 6.45) is 5.67. The van der Waals surface area contributed by atoms with Crippen molar-refractivity contribution in [2.24, 2.45) is 0 Å². The number of aryl methyl sites for hydroxylation is 1. The summed E-state index contributed by atoms with van der Waals surface area (Å²) in [5.74, 6) is 2.33. The van der Waals surface area contributed by atoms with E-state index in [1.54, 1.807) is 12.4 Å². The molecule has 0 amide bonds. The van der Waals surface area contributed by atoms with E-state index in [-0.39, 0.29) is 0 Å². The second-order valence-electron chi connectivity index (χ2n) is 7.05. The SMILES string of the molecule is c1ccc(CCCNc2cc(NCc3ccncc3)nc(-c3ccccc3)n2)cc1. The zero-order valence-corrected chi connectivity index (χ0v) is 16.8. The van der Waals surface area contributed by atoms with E-state index in [2.05, 4.69) is 39.9 Å². The molecule has 4 aromatic rings. The summed E-state index contributed by atoms with van der Waals surface area (Å²) >= 11 is 0. The van der Waals surface area contributed by atoms with Crippen molar-refractivity contribution in [3.63, 3.8) is 0 Å². The average Bonchev–Trinajstić information content (AvgIpc) is 2.82. The summed E-state index contributed by atoms with van der Waals surface area (Å²) in [6, 6.07) is 26.6. The third kappa shape index (κ3) is 5.64. The zero-order valence-electron chi connectivity index (χ0n) is 16.8. The molecule has 4 rings (SSSR count). The molecule has 0 fully saturated rings. The van der Waals surface area contributed by atoms with E-state index in [1.165, 1.54) is 5.56 Å². The fourth-order valence-corrected chi connectivity index (χ4v) is 3.19. The number of hydrogen-bond acceptors (Lipinski definition) is 5. The first-order chi connectivity index (χ1) is 14.9. The van der Waals surface area contributed by atoms with Gasteiger partial charge in [-0.2, -0.15) is 0 Å². The topological polar surface area (TPSA) is 62.7 Å². The summed E-state index contributed by atoms with van der Waals surface area (Å²) in [7, 11) is 0. The molecule has 0 unspecified atom stereocenters. The van der Waals surface area contributed by atoms with Crippen LogP contribution >= 0.6 is 0 Å². The molecule has 0 bridgehead atoms. The van der Waals surface area contributed by atoms with Crippen molar-refractivity contribution in [3.05, 3.63) is 102 Å². The van der Waals surface area contributed by atoms with Crippen LogP contribution in [0.2, 0.25) is 0 Å². The first kappa shape index (κ1) is 19.6. The number of pyridine rings is 1. The van der Waals surface area contributed by atoms with Gasteiger partial charge in [-0.15, -0.1) is 0 Å². The number of nitrogens with one attached hydrogen (secondary N) is 2. The molecular weight excluding hydrogens is 370 g/mol. The molecule has 0 saturated carbocycles. The molecule has 30 heavy (non-hydrogen) atoms. The van der Waals surface area contributed by atoms with Crippen LogP contribution in [0, 0.1) is 0 Å². The molecule has 0 spiro atoms. The van der Waals surface area contributed by atoms with Gasteiger partial charge >= 0.3 is 0 Å². The van der Waals surface area contributed by atoms with Crippen molar-refractivity contribution in [2.75, 3.05) is 17.2 Å². The van der Waals surface area contributed by atoms with E-state index in [1.807, 2.05) is 54.6 Å². The first-order valence-electron chi connectivity index (χ1n) is 10.2. The quantitative estimate of drug-likeness (QED) is 0.382. The molecule has 5 nitrogen and oxygen atoms in total. The zero-order chi connectivity index (χ0) is 20.4. The minimum Gasteiger partial charge on any atom is -0.370 e. The lowest BCUT2D eigenvalue weighted by Gasteiger charge is -2.12. The number of aromatic nitrogens is 3. The highest BCUT2D eigenvalue weighted by atomic mass is 15.1. The lowest BCUT2D eigenvalue weighted by molar-refractivity contribution is 0.858. The molecule has 0 aliphatic carbocycles. The lowest BCUT2D eigenvalue weighted by atomic mass is 10.1. The van der Waals surface area contributed by atoms with E-state index < -0.39 is 0 Å². The molecule has 0 saturated heterocycles. The maximum atomic E-state index is 4.73. The summed E-state index contributed by atoms with van der Waals surface area (Å²) in [5, 5.41) is 6.87. The standard InChI is InChI=1S/C25H25N5/c1-3-8-20(9-4-1)10-7-15-27-23-18-24(28-19-21-13-16-26-17-14-21)30-25(29-23)22-11-5-2-6-12-22/h1-6,8-9,11-14,16-18H,7,10,15,19H2,(H2,27,28,29,30). The van der Waals surface area contributed by atoms with E-state index in [0.717, 1.165) is 42.1 Å². The van der Waals surface area contributed by atoms with Crippen LogP contribution in [0.3, 0.4) is 0 Å². The highest BCUT2D eigenvalue weighted by molar-refractivity contribution is 5.61. The van der Waals surface area contributed by atoms with Crippen LogP contribution in [0.25, 0.3) is 11.4 Å². The third-order valence-corrected chi connectivity index (χ3v) is 4.77. The fraction of sp³-hybridized carbons (Fsp3) is 0.160. The van der Waals surface area contributed by atoms with Crippen molar-refractivity contribution in [3.8, 4) is 11.4 Å². The Labute approximate surface area is 177 Å². The van der Waals surface area contributed by atoms with Crippen molar-refractivity contribution >= 4 is 11.6 Å². The molecule has 2 N–H and O–H groups in total. The van der Waals surface area contributed by atoms with Gasteiger partial charge in [-0.25, -0.2) is 9.97 Å². The Bertz CT molecular complexity index is 1040. The van der Waals surface area contributed by atoms with Crippen LogP contribution in [-0.4, -0.2) is 21.5 Å². The van der Waals surface area contributed by atoms with Gasteiger partial charge in [0.05, 0.1) is 0 Å². The molecule has 2 aromatic heterocycles. The van der Waals surface area contributed by atoms with Crippen LogP contribution in [0.1, 0.15) is 17.5 Å². The van der Waals surface area contributed by atoms with Gasteiger partial charge in [0.25, 0.3) is 0 Å². The van der Waals surface area contributed by atoms with Gasteiger partial charge < -0.3 is 10.6 Å². The Balaban J connectivity index is 1.45. The van der Waals surface area contributed by atoms with Gasteiger partial charge in [0, 0.05) is 37.1 Å². The van der Waals surface area contributed by atoms with Gasteiger partial charge in [0.1, 0.15) is 11.6 Å². The Morgan fingerprint density at radius 1 is 0.667 bits per heavy atom. The van der Waals surface area contributed by atoms with E-state index in [9.17, 15) is 0 Å². The maximum Gasteiger partial charge on any atom is 0.163 e. The predicted octanol–water partition coefficient (Wildman–Crippen LogP) is 5.20. The largest absolute Gasteiger partial charge is 0.370 e. The van der Waals surface area contributed by atoms with Crippen molar-refractivity contribution < 1.29 is 0 Å². The molecule has 0 aliphatic rings.